The Morgan fingerprint density at radius 2 is 0.719 bits per heavy atom. The van der Waals surface area contributed by atoms with Gasteiger partial charge in [0.25, 0.3) is 0 Å². The molecule has 64 heavy (non-hydrogen) atoms. The summed E-state index contributed by atoms with van der Waals surface area (Å²) in [5.74, 6) is -1.05. The van der Waals surface area contributed by atoms with Crippen molar-refractivity contribution in [3.05, 3.63) is 122 Å². The summed E-state index contributed by atoms with van der Waals surface area (Å²) >= 11 is 0. The standard InChI is InChI=1S/C58H92O6/c1-4-7-10-13-16-19-22-25-27-28-29-30-31-34-36-39-42-45-48-51-57(60)63-54-55(53-62-56(59)50-47-44-41-38-35-32-24-21-18-15-12-9-6-3)64-58(61)52-49-46-43-40-37-33-26-23-20-17-14-11-8-5-2/h7,9-10,12,15-16,18-19,21,24-25,27,29-30,32,34-36,42,45,55H,4-6,8,11,13-14,17,20,22-23,26,28,31,33,37-41,43-44,46-54H2,1-3H3/b10-7+,12-9+,18-15+,19-16+,24-21+,27-25+,30-29+,35-32+,36-34+,45-42+. The lowest BCUT2D eigenvalue weighted by Crippen LogP contribution is -2.30. The summed E-state index contributed by atoms with van der Waals surface area (Å²) in [5.41, 5.74) is 0. The molecule has 0 saturated heterocycles. The normalized spacial score (nSPS) is 13.1. The molecule has 0 aromatic carbocycles. The Bertz CT molecular complexity index is 1390. The molecule has 0 fully saturated rings. The fraction of sp³-hybridized carbons (Fsp3) is 0.603. The van der Waals surface area contributed by atoms with Crippen LogP contribution in [0.1, 0.15) is 207 Å². The number of ether oxygens (including phenoxy) is 3. The summed E-state index contributed by atoms with van der Waals surface area (Å²) in [5, 5.41) is 0. The Kier molecular flexibility index (Phi) is 48.1. The molecule has 360 valence electrons. The summed E-state index contributed by atoms with van der Waals surface area (Å²) in [6.07, 6.45) is 70.5. The van der Waals surface area contributed by atoms with Gasteiger partial charge in [0, 0.05) is 19.3 Å². The first-order valence-electron chi connectivity index (χ1n) is 25.6. The maximum Gasteiger partial charge on any atom is 0.306 e. The number of carbonyl (C=O) groups excluding carboxylic acids is 3. The molecule has 0 heterocycles. The van der Waals surface area contributed by atoms with Crippen molar-refractivity contribution in [3.63, 3.8) is 0 Å². The number of carbonyl (C=O) groups is 3. The molecular formula is C58H92O6. The highest BCUT2D eigenvalue weighted by Crippen LogP contribution is 2.14. The minimum Gasteiger partial charge on any atom is -0.462 e. The molecule has 0 bridgehead atoms. The summed E-state index contributed by atoms with van der Waals surface area (Å²) in [6, 6.07) is 0. The first-order valence-corrected chi connectivity index (χ1v) is 25.6. The van der Waals surface area contributed by atoms with Crippen molar-refractivity contribution in [3.8, 4) is 0 Å². The highest BCUT2D eigenvalue weighted by Gasteiger charge is 2.19. The summed E-state index contributed by atoms with van der Waals surface area (Å²) in [6.45, 7) is 6.27. The second-order valence-corrected chi connectivity index (χ2v) is 16.4. The van der Waals surface area contributed by atoms with Gasteiger partial charge in [-0.3, -0.25) is 14.4 Å². The van der Waals surface area contributed by atoms with Crippen molar-refractivity contribution in [1.82, 2.24) is 0 Å². The van der Waals surface area contributed by atoms with E-state index >= 15 is 0 Å². The van der Waals surface area contributed by atoms with Gasteiger partial charge in [-0.1, -0.05) is 232 Å². The molecule has 0 spiro atoms. The van der Waals surface area contributed by atoms with Crippen molar-refractivity contribution < 1.29 is 28.6 Å². The number of allylic oxidation sites excluding steroid dienone is 20. The van der Waals surface area contributed by atoms with Gasteiger partial charge in [0.15, 0.2) is 6.10 Å². The van der Waals surface area contributed by atoms with Gasteiger partial charge in [0.2, 0.25) is 0 Å². The van der Waals surface area contributed by atoms with Gasteiger partial charge in [-0.05, 0) is 77.0 Å². The lowest BCUT2D eigenvalue weighted by Gasteiger charge is -2.18. The Balaban J connectivity index is 4.56. The maximum absolute atomic E-state index is 12.8. The van der Waals surface area contributed by atoms with Crippen LogP contribution in [0.4, 0.5) is 0 Å². The zero-order chi connectivity index (χ0) is 46.5. The van der Waals surface area contributed by atoms with Crippen molar-refractivity contribution in [1.29, 1.82) is 0 Å². The number of hydrogen-bond donors (Lipinski definition) is 0. The molecular weight excluding hydrogens is 793 g/mol. The lowest BCUT2D eigenvalue weighted by molar-refractivity contribution is -0.166. The van der Waals surface area contributed by atoms with E-state index in [9.17, 15) is 14.4 Å². The van der Waals surface area contributed by atoms with Crippen molar-refractivity contribution >= 4 is 17.9 Å². The van der Waals surface area contributed by atoms with E-state index in [0.29, 0.717) is 19.3 Å². The van der Waals surface area contributed by atoms with E-state index < -0.39 is 6.10 Å². The zero-order valence-corrected chi connectivity index (χ0v) is 41.0. The second kappa shape index (κ2) is 51.4. The van der Waals surface area contributed by atoms with E-state index in [1.165, 1.54) is 70.6 Å². The first-order chi connectivity index (χ1) is 31.5. The van der Waals surface area contributed by atoms with Gasteiger partial charge in [-0.25, -0.2) is 0 Å². The van der Waals surface area contributed by atoms with Crippen LogP contribution >= 0.6 is 0 Å². The Hall–Kier alpha value is -4.19. The smallest absolute Gasteiger partial charge is 0.306 e. The Labute approximate surface area is 392 Å². The molecule has 0 rings (SSSR count). The van der Waals surface area contributed by atoms with Crippen LogP contribution in [-0.4, -0.2) is 37.2 Å². The van der Waals surface area contributed by atoms with Crippen molar-refractivity contribution in [2.45, 2.75) is 213 Å². The molecule has 0 aromatic rings. The average Bonchev–Trinajstić information content (AvgIpc) is 3.29. The number of unbranched alkanes of at least 4 members (excludes halogenated alkanes) is 16. The number of esters is 3. The van der Waals surface area contributed by atoms with Gasteiger partial charge in [-0.15, -0.1) is 0 Å². The highest BCUT2D eigenvalue weighted by atomic mass is 16.6. The summed E-state index contributed by atoms with van der Waals surface area (Å²) in [4.78, 5) is 37.9. The quantitative estimate of drug-likeness (QED) is 0.0199. The van der Waals surface area contributed by atoms with Gasteiger partial charge < -0.3 is 14.2 Å². The van der Waals surface area contributed by atoms with Crippen LogP contribution in [0.25, 0.3) is 0 Å². The monoisotopic (exact) mass is 885 g/mol. The predicted molar refractivity (Wildman–Crippen MR) is 274 cm³/mol. The van der Waals surface area contributed by atoms with Crippen LogP contribution in [0.5, 0.6) is 0 Å². The van der Waals surface area contributed by atoms with E-state index in [4.69, 9.17) is 14.2 Å². The minimum atomic E-state index is -0.825. The van der Waals surface area contributed by atoms with Crippen LogP contribution in [0, 0.1) is 0 Å². The molecule has 6 heteroatoms. The fourth-order valence-electron chi connectivity index (χ4n) is 6.54. The Morgan fingerprint density at radius 1 is 0.344 bits per heavy atom. The van der Waals surface area contributed by atoms with Crippen LogP contribution < -0.4 is 0 Å². The van der Waals surface area contributed by atoms with E-state index in [1.54, 1.807) is 0 Å². The van der Waals surface area contributed by atoms with Crippen molar-refractivity contribution in [2.75, 3.05) is 13.2 Å². The third kappa shape index (κ3) is 48.8. The molecule has 0 amide bonds. The highest BCUT2D eigenvalue weighted by molar-refractivity contribution is 5.71. The van der Waals surface area contributed by atoms with E-state index in [-0.39, 0.29) is 37.5 Å². The molecule has 0 N–H and O–H groups in total. The molecule has 0 aliphatic rings. The third-order valence-electron chi connectivity index (χ3n) is 10.3. The zero-order valence-electron chi connectivity index (χ0n) is 41.0. The molecule has 6 nitrogen and oxygen atoms in total. The van der Waals surface area contributed by atoms with Crippen LogP contribution in [0.3, 0.4) is 0 Å². The van der Waals surface area contributed by atoms with Gasteiger partial charge >= 0.3 is 17.9 Å². The SMILES string of the molecule is CC/C=C/C=C/C=C/C=C/CCCCCC(=O)OCC(COC(=O)CC/C=C/C/C=C/C/C=C/C/C=C/C/C=C/C/C=C/CC)OC(=O)CCCCCCCCCCCCCCCC. The molecule has 1 unspecified atom stereocenters. The second-order valence-electron chi connectivity index (χ2n) is 16.4. The van der Waals surface area contributed by atoms with Gasteiger partial charge in [0.05, 0.1) is 0 Å². The molecule has 0 aliphatic carbocycles. The number of hydrogen-bond acceptors (Lipinski definition) is 6. The maximum atomic E-state index is 12.8. The third-order valence-corrected chi connectivity index (χ3v) is 10.3. The molecule has 0 aromatic heterocycles. The number of rotatable bonds is 44. The molecule has 0 aliphatic heterocycles. The topological polar surface area (TPSA) is 78.9 Å². The van der Waals surface area contributed by atoms with Crippen molar-refractivity contribution in [2.24, 2.45) is 0 Å². The predicted octanol–water partition coefficient (Wildman–Crippen LogP) is 16.9. The van der Waals surface area contributed by atoms with Crippen LogP contribution in [-0.2, 0) is 28.6 Å². The van der Waals surface area contributed by atoms with E-state index in [0.717, 1.165) is 89.9 Å². The van der Waals surface area contributed by atoms with Gasteiger partial charge in [-0.2, -0.15) is 0 Å². The summed E-state index contributed by atoms with van der Waals surface area (Å²) in [7, 11) is 0. The Morgan fingerprint density at radius 3 is 1.20 bits per heavy atom. The average molecular weight is 885 g/mol. The molecule has 0 radical (unpaired) electrons. The van der Waals surface area contributed by atoms with Gasteiger partial charge in [0.1, 0.15) is 13.2 Å². The first kappa shape index (κ1) is 59.8. The molecule has 0 saturated carbocycles. The summed E-state index contributed by atoms with van der Waals surface area (Å²) < 4.78 is 16.7. The minimum absolute atomic E-state index is 0.124. The van der Waals surface area contributed by atoms with E-state index in [1.807, 2.05) is 48.6 Å². The lowest BCUT2D eigenvalue weighted by atomic mass is 10.0. The van der Waals surface area contributed by atoms with E-state index in [2.05, 4.69) is 93.7 Å². The molecule has 1 atom stereocenters. The van der Waals surface area contributed by atoms with Crippen LogP contribution in [0.2, 0.25) is 0 Å². The van der Waals surface area contributed by atoms with Crippen LogP contribution in [0.15, 0.2) is 122 Å². The largest absolute Gasteiger partial charge is 0.462 e. The fourth-order valence-corrected chi connectivity index (χ4v) is 6.54.